The molecule has 1 aromatic carbocycles. The van der Waals surface area contributed by atoms with Crippen molar-refractivity contribution in [1.29, 1.82) is 0 Å². The number of benzene rings is 1. The van der Waals surface area contributed by atoms with E-state index in [0.717, 1.165) is 21.5 Å². The lowest BCUT2D eigenvalue weighted by Gasteiger charge is -2.12. The van der Waals surface area contributed by atoms with E-state index in [2.05, 4.69) is 15.6 Å². The minimum absolute atomic E-state index is 0.0207. The molecule has 2 heterocycles. The van der Waals surface area contributed by atoms with Crippen molar-refractivity contribution in [2.24, 2.45) is 0 Å². The van der Waals surface area contributed by atoms with E-state index in [1.165, 1.54) is 18.3 Å². The van der Waals surface area contributed by atoms with Crippen molar-refractivity contribution in [3.8, 4) is 0 Å². The summed E-state index contributed by atoms with van der Waals surface area (Å²) in [5.41, 5.74) is 1.92. The van der Waals surface area contributed by atoms with E-state index in [9.17, 15) is 9.59 Å². The number of hydrogen-bond donors (Lipinski definition) is 2. The van der Waals surface area contributed by atoms with Gasteiger partial charge in [0.1, 0.15) is 5.76 Å². The van der Waals surface area contributed by atoms with E-state index in [0.29, 0.717) is 24.4 Å². The van der Waals surface area contributed by atoms with Crippen molar-refractivity contribution in [3.63, 3.8) is 0 Å². The summed E-state index contributed by atoms with van der Waals surface area (Å²) in [6.45, 7) is 3.43. The first-order chi connectivity index (χ1) is 12.5. The first-order valence-electron chi connectivity index (χ1n) is 8.48. The summed E-state index contributed by atoms with van der Waals surface area (Å²) in [5, 5.41) is 6.29. The van der Waals surface area contributed by atoms with Gasteiger partial charge in [0, 0.05) is 25.8 Å². The van der Waals surface area contributed by atoms with Crippen LogP contribution in [0.2, 0.25) is 0 Å². The number of carbonyl (C=O) groups is 2. The smallest absolute Gasteiger partial charge is 0.223 e. The van der Waals surface area contributed by atoms with Crippen LogP contribution in [0.4, 0.5) is 5.13 Å². The highest BCUT2D eigenvalue weighted by Gasteiger charge is 2.11. The molecule has 6 nitrogen and oxygen atoms in total. The molecule has 2 N–H and O–H groups in total. The Kier molecular flexibility index (Phi) is 5.68. The van der Waals surface area contributed by atoms with Gasteiger partial charge in [0.2, 0.25) is 11.8 Å². The van der Waals surface area contributed by atoms with E-state index < -0.39 is 0 Å². The maximum absolute atomic E-state index is 12.1. The maximum Gasteiger partial charge on any atom is 0.223 e. The lowest BCUT2D eigenvalue weighted by molar-refractivity contribution is -0.121. The summed E-state index contributed by atoms with van der Waals surface area (Å²) in [6.07, 6.45) is 3.39. The molecule has 26 heavy (non-hydrogen) atoms. The molecule has 0 saturated carbocycles. The molecule has 1 atom stereocenters. The third-order valence-corrected chi connectivity index (χ3v) is 4.81. The molecule has 2 amide bonds. The Labute approximate surface area is 155 Å². The number of rotatable bonds is 7. The molecule has 0 aliphatic heterocycles. The zero-order valence-electron chi connectivity index (χ0n) is 14.7. The van der Waals surface area contributed by atoms with Crippen LogP contribution < -0.4 is 10.6 Å². The second-order valence-electron chi connectivity index (χ2n) is 6.25. The van der Waals surface area contributed by atoms with Gasteiger partial charge in [-0.25, -0.2) is 4.98 Å². The van der Waals surface area contributed by atoms with Crippen molar-refractivity contribution in [2.75, 3.05) is 5.32 Å². The molecule has 7 heteroatoms. The van der Waals surface area contributed by atoms with Gasteiger partial charge in [-0.1, -0.05) is 17.4 Å². The number of anilines is 1. The molecule has 136 valence electrons. The Hall–Kier alpha value is -2.67. The molecule has 0 saturated heterocycles. The summed E-state index contributed by atoms with van der Waals surface area (Å²) >= 11 is 1.43. The van der Waals surface area contributed by atoms with Crippen LogP contribution in [0, 0.1) is 0 Å². The Balaban J connectivity index is 1.53. The molecular formula is C19H21N3O3S. The number of thiazole rings is 1. The predicted octanol–water partition coefficient (Wildman–Crippen LogP) is 3.53. The fourth-order valence-electron chi connectivity index (χ4n) is 2.71. The number of aromatic nitrogens is 1. The van der Waals surface area contributed by atoms with Crippen LogP contribution in [-0.4, -0.2) is 22.8 Å². The quantitative estimate of drug-likeness (QED) is 0.665. The van der Waals surface area contributed by atoms with Gasteiger partial charge in [-0.3, -0.25) is 9.59 Å². The molecular weight excluding hydrogens is 350 g/mol. The van der Waals surface area contributed by atoms with E-state index in [4.69, 9.17) is 4.42 Å². The minimum atomic E-state index is -0.135. The van der Waals surface area contributed by atoms with Gasteiger partial charge in [0.05, 0.1) is 16.5 Å². The number of aryl methyl sites for hydroxylation is 1. The monoisotopic (exact) mass is 371 g/mol. The zero-order valence-corrected chi connectivity index (χ0v) is 15.6. The van der Waals surface area contributed by atoms with Crippen LogP contribution in [0.25, 0.3) is 10.2 Å². The average Bonchev–Trinajstić information content (AvgIpc) is 3.20. The van der Waals surface area contributed by atoms with Crippen molar-refractivity contribution in [3.05, 3.63) is 47.9 Å². The van der Waals surface area contributed by atoms with E-state index in [1.54, 1.807) is 6.26 Å². The summed E-state index contributed by atoms with van der Waals surface area (Å²) in [6, 6.07) is 9.69. The average molecular weight is 371 g/mol. The lowest BCUT2D eigenvalue weighted by atomic mass is 10.1. The molecule has 3 aromatic rings. The molecule has 0 unspecified atom stereocenters. The third-order valence-electron chi connectivity index (χ3n) is 3.87. The fourth-order valence-corrected chi connectivity index (χ4v) is 3.69. The number of hydrogen-bond acceptors (Lipinski definition) is 5. The molecule has 0 aliphatic rings. The van der Waals surface area contributed by atoms with Crippen LogP contribution in [-0.2, 0) is 22.4 Å². The number of nitrogens with one attached hydrogen (secondary N) is 2. The number of carbonyl (C=O) groups excluding carboxylic acids is 2. The van der Waals surface area contributed by atoms with Gasteiger partial charge >= 0.3 is 0 Å². The Morgan fingerprint density at radius 3 is 2.88 bits per heavy atom. The van der Waals surface area contributed by atoms with Crippen LogP contribution in [0.1, 0.15) is 31.6 Å². The number of fused-ring (bicyclic) bond motifs is 1. The van der Waals surface area contributed by atoms with Gasteiger partial charge in [0.15, 0.2) is 5.13 Å². The minimum Gasteiger partial charge on any atom is -0.469 e. The Morgan fingerprint density at radius 1 is 1.31 bits per heavy atom. The number of furan rings is 1. The topological polar surface area (TPSA) is 84.2 Å². The maximum atomic E-state index is 12.1. The van der Waals surface area contributed by atoms with Gasteiger partial charge in [-0.05, 0) is 43.2 Å². The second-order valence-corrected chi connectivity index (χ2v) is 7.28. The summed E-state index contributed by atoms with van der Waals surface area (Å²) in [5.74, 6) is 0.750. The normalized spacial score (nSPS) is 12.1. The van der Waals surface area contributed by atoms with Gasteiger partial charge in [-0.15, -0.1) is 0 Å². The summed E-state index contributed by atoms with van der Waals surface area (Å²) < 4.78 is 6.30. The summed E-state index contributed by atoms with van der Waals surface area (Å²) in [7, 11) is 0. The highest BCUT2D eigenvalue weighted by Crippen LogP contribution is 2.27. The van der Waals surface area contributed by atoms with E-state index >= 15 is 0 Å². The molecule has 0 fully saturated rings. The van der Waals surface area contributed by atoms with Crippen molar-refractivity contribution < 1.29 is 14.0 Å². The second kappa shape index (κ2) is 8.14. The van der Waals surface area contributed by atoms with Crippen LogP contribution in [0.5, 0.6) is 0 Å². The first kappa shape index (κ1) is 18.1. The zero-order chi connectivity index (χ0) is 18.5. The third kappa shape index (κ3) is 4.92. The highest BCUT2D eigenvalue weighted by molar-refractivity contribution is 7.22. The van der Waals surface area contributed by atoms with Crippen LogP contribution in [0.15, 0.2) is 41.0 Å². The lowest BCUT2D eigenvalue weighted by Crippen LogP contribution is -2.34. The molecule has 0 aliphatic carbocycles. The molecule has 2 aromatic heterocycles. The SMILES string of the molecule is CC(=O)Nc1nc2ccc(CCC(=O)N[C@@H](C)Cc3ccco3)cc2s1. The van der Waals surface area contributed by atoms with Crippen molar-refractivity contribution in [2.45, 2.75) is 39.2 Å². The van der Waals surface area contributed by atoms with Gasteiger partial charge in [0.25, 0.3) is 0 Å². The first-order valence-corrected chi connectivity index (χ1v) is 9.30. The predicted molar refractivity (Wildman–Crippen MR) is 102 cm³/mol. The number of nitrogens with zero attached hydrogens (tertiary/aromatic N) is 1. The molecule has 3 rings (SSSR count). The standard InChI is InChI=1S/C19H21N3O3S/c1-12(10-15-4-3-9-25-15)20-18(24)8-6-14-5-7-16-17(11-14)26-19(22-16)21-13(2)23/h3-5,7,9,11-12H,6,8,10H2,1-2H3,(H,20,24)(H,21,22,23)/t12-/m0/s1. The van der Waals surface area contributed by atoms with Crippen molar-refractivity contribution >= 4 is 38.5 Å². The van der Waals surface area contributed by atoms with Crippen LogP contribution >= 0.6 is 11.3 Å². The highest BCUT2D eigenvalue weighted by atomic mass is 32.1. The molecule has 0 radical (unpaired) electrons. The molecule has 0 spiro atoms. The Morgan fingerprint density at radius 2 is 2.15 bits per heavy atom. The van der Waals surface area contributed by atoms with Gasteiger partial charge in [-0.2, -0.15) is 0 Å². The summed E-state index contributed by atoms with van der Waals surface area (Å²) in [4.78, 5) is 27.6. The number of amides is 2. The largest absolute Gasteiger partial charge is 0.469 e. The Bertz CT molecular complexity index is 902. The van der Waals surface area contributed by atoms with E-state index in [1.807, 2.05) is 37.3 Å². The fraction of sp³-hybridized carbons (Fsp3) is 0.316. The van der Waals surface area contributed by atoms with E-state index in [-0.39, 0.29) is 17.9 Å². The van der Waals surface area contributed by atoms with Crippen LogP contribution in [0.3, 0.4) is 0 Å². The van der Waals surface area contributed by atoms with Gasteiger partial charge < -0.3 is 15.1 Å². The van der Waals surface area contributed by atoms with Crippen molar-refractivity contribution in [1.82, 2.24) is 10.3 Å². The molecule has 0 bridgehead atoms.